The van der Waals surface area contributed by atoms with Crippen LogP contribution < -0.4 is 10.9 Å². The first-order valence-corrected chi connectivity index (χ1v) is 9.01. The van der Waals surface area contributed by atoms with Crippen molar-refractivity contribution in [1.82, 2.24) is 25.1 Å². The van der Waals surface area contributed by atoms with Gasteiger partial charge in [0.05, 0.1) is 23.1 Å². The van der Waals surface area contributed by atoms with E-state index >= 15 is 0 Å². The number of halogens is 3. The standard InChI is InChI=1S/C19H20F3N5O3/c1-9(24-18(29)30-19(2,3)4)16-25-14-11(15(21)22)7-10(20)8-12(14)17(28)27(16)13-5-6-23-26-13/h5-9,15H,1-4H3,(H,23,26)(H,24,29)/t9-/m0/s1. The highest BCUT2D eigenvalue weighted by molar-refractivity contribution is 5.82. The average molecular weight is 423 g/mol. The summed E-state index contributed by atoms with van der Waals surface area (Å²) < 4.78 is 47.1. The molecular formula is C19H20F3N5O3. The molecule has 0 aliphatic heterocycles. The number of hydrogen-bond donors (Lipinski definition) is 2. The molecule has 3 rings (SSSR count). The zero-order chi connectivity index (χ0) is 22.2. The minimum absolute atomic E-state index is 0.0592. The van der Waals surface area contributed by atoms with Crippen molar-refractivity contribution in [2.24, 2.45) is 0 Å². The first-order chi connectivity index (χ1) is 14.0. The number of alkyl halides is 2. The van der Waals surface area contributed by atoms with E-state index in [0.29, 0.717) is 6.07 Å². The summed E-state index contributed by atoms with van der Waals surface area (Å²) in [5, 5.41) is 8.56. The first kappa shape index (κ1) is 21.3. The molecule has 2 N–H and O–H groups in total. The van der Waals surface area contributed by atoms with E-state index in [1.165, 1.54) is 19.2 Å². The number of rotatable bonds is 4. The van der Waals surface area contributed by atoms with Crippen molar-refractivity contribution in [3.63, 3.8) is 0 Å². The summed E-state index contributed by atoms with van der Waals surface area (Å²) in [6, 6.07) is 2.01. The predicted molar refractivity (Wildman–Crippen MR) is 102 cm³/mol. The number of nitrogens with zero attached hydrogens (tertiary/aromatic N) is 3. The maximum absolute atomic E-state index is 13.9. The van der Waals surface area contributed by atoms with Crippen molar-refractivity contribution in [2.75, 3.05) is 0 Å². The normalized spacial score (nSPS) is 12.9. The number of nitrogens with one attached hydrogen (secondary N) is 2. The Hall–Kier alpha value is -3.37. The van der Waals surface area contributed by atoms with Crippen molar-refractivity contribution in [3.8, 4) is 5.82 Å². The van der Waals surface area contributed by atoms with E-state index in [0.717, 1.165) is 10.6 Å². The van der Waals surface area contributed by atoms with Gasteiger partial charge in [-0.3, -0.25) is 9.89 Å². The summed E-state index contributed by atoms with van der Waals surface area (Å²) in [5.74, 6) is -0.873. The van der Waals surface area contributed by atoms with Crippen LogP contribution in [0.1, 0.15) is 51.6 Å². The zero-order valence-corrected chi connectivity index (χ0v) is 16.7. The zero-order valence-electron chi connectivity index (χ0n) is 16.7. The number of benzene rings is 1. The molecule has 0 saturated carbocycles. The van der Waals surface area contributed by atoms with Crippen molar-refractivity contribution >= 4 is 17.0 Å². The van der Waals surface area contributed by atoms with Crippen molar-refractivity contribution in [1.29, 1.82) is 0 Å². The molecule has 1 atom stereocenters. The van der Waals surface area contributed by atoms with Gasteiger partial charge in [0.2, 0.25) is 0 Å². The van der Waals surface area contributed by atoms with Gasteiger partial charge in [0, 0.05) is 11.6 Å². The van der Waals surface area contributed by atoms with Crippen LogP contribution in [0.25, 0.3) is 16.7 Å². The quantitative estimate of drug-likeness (QED) is 0.665. The Balaban J connectivity index is 2.22. The molecule has 8 nitrogen and oxygen atoms in total. The molecule has 0 spiro atoms. The lowest BCUT2D eigenvalue weighted by Gasteiger charge is -2.23. The second-order valence-electron chi connectivity index (χ2n) is 7.61. The van der Waals surface area contributed by atoms with Gasteiger partial charge < -0.3 is 10.1 Å². The van der Waals surface area contributed by atoms with Crippen LogP contribution in [0.4, 0.5) is 18.0 Å². The Labute approximate surface area is 169 Å². The molecule has 0 aliphatic carbocycles. The predicted octanol–water partition coefficient (Wildman–Crippen LogP) is 3.77. The van der Waals surface area contributed by atoms with E-state index in [-0.39, 0.29) is 22.5 Å². The van der Waals surface area contributed by atoms with Crippen LogP contribution in [0.15, 0.2) is 29.2 Å². The molecule has 160 valence electrons. The number of aromatic amines is 1. The van der Waals surface area contributed by atoms with Gasteiger partial charge in [0.25, 0.3) is 12.0 Å². The van der Waals surface area contributed by atoms with Crippen LogP contribution in [0.2, 0.25) is 0 Å². The maximum Gasteiger partial charge on any atom is 0.408 e. The topological polar surface area (TPSA) is 102 Å². The van der Waals surface area contributed by atoms with E-state index in [4.69, 9.17) is 4.74 Å². The number of carbonyl (C=O) groups is 1. The Bertz CT molecular complexity index is 1140. The first-order valence-electron chi connectivity index (χ1n) is 9.01. The molecule has 30 heavy (non-hydrogen) atoms. The Morgan fingerprint density at radius 2 is 2.00 bits per heavy atom. The van der Waals surface area contributed by atoms with Crippen LogP contribution in [0.3, 0.4) is 0 Å². The number of amides is 1. The Morgan fingerprint density at radius 3 is 2.57 bits per heavy atom. The molecule has 2 aromatic heterocycles. The summed E-state index contributed by atoms with van der Waals surface area (Å²) in [4.78, 5) is 29.5. The number of ether oxygens (including phenoxy) is 1. The number of H-pyrrole nitrogens is 1. The van der Waals surface area contributed by atoms with Gasteiger partial charge in [0.15, 0.2) is 0 Å². The second-order valence-corrected chi connectivity index (χ2v) is 7.61. The fourth-order valence-electron chi connectivity index (χ4n) is 2.91. The molecule has 3 aromatic rings. The van der Waals surface area contributed by atoms with Gasteiger partial charge >= 0.3 is 6.09 Å². The van der Waals surface area contributed by atoms with Crippen molar-refractivity contribution in [3.05, 3.63) is 52.0 Å². The van der Waals surface area contributed by atoms with Crippen LogP contribution in [0, 0.1) is 5.82 Å². The van der Waals surface area contributed by atoms with Crippen LogP contribution in [-0.4, -0.2) is 31.4 Å². The van der Waals surface area contributed by atoms with Gasteiger partial charge in [-0.1, -0.05) is 0 Å². The summed E-state index contributed by atoms with van der Waals surface area (Å²) in [6.07, 6.45) is -2.47. The maximum atomic E-state index is 13.9. The molecule has 0 radical (unpaired) electrons. The number of hydrogen-bond acceptors (Lipinski definition) is 5. The summed E-state index contributed by atoms with van der Waals surface area (Å²) in [7, 11) is 0. The highest BCUT2D eigenvalue weighted by atomic mass is 19.3. The Morgan fingerprint density at radius 1 is 1.30 bits per heavy atom. The fraction of sp³-hybridized carbons (Fsp3) is 0.368. The van der Waals surface area contributed by atoms with Crippen molar-refractivity contribution < 1.29 is 22.7 Å². The molecular weight excluding hydrogens is 403 g/mol. The number of fused-ring (bicyclic) bond motifs is 1. The summed E-state index contributed by atoms with van der Waals surface area (Å²) >= 11 is 0. The fourth-order valence-corrected chi connectivity index (χ4v) is 2.91. The Kier molecular flexibility index (Phi) is 5.55. The van der Waals surface area contributed by atoms with Crippen molar-refractivity contribution in [2.45, 2.75) is 45.8 Å². The molecule has 11 heteroatoms. The number of alkyl carbamates (subject to hydrolysis) is 1. The van der Waals surface area contributed by atoms with Gasteiger partial charge in [0.1, 0.15) is 23.1 Å². The average Bonchev–Trinajstić information content (AvgIpc) is 3.13. The van der Waals surface area contributed by atoms with Gasteiger partial charge in [-0.15, -0.1) is 0 Å². The minimum Gasteiger partial charge on any atom is -0.444 e. The lowest BCUT2D eigenvalue weighted by molar-refractivity contribution is 0.0505. The van der Waals surface area contributed by atoms with Crippen LogP contribution in [-0.2, 0) is 4.74 Å². The number of carbonyl (C=O) groups excluding carboxylic acids is 1. The lowest BCUT2D eigenvalue weighted by atomic mass is 10.1. The molecule has 2 heterocycles. The highest BCUT2D eigenvalue weighted by Crippen LogP contribution is 2.28. The third-order valence-corrected chi connectivity index (χ3v) is 4.08. The molecule has 1 aromatic carbocycles. The van der Waals surface area contributed by atoms with Gasteiger partial charge in [-0.25, -0.2) is 27.5 Å². The molecule has 0 unspecified atom stereocenters. The van der Waals surface area contributed by atoms with Gasteiger partial charge in [-0.05, 0) is 39.8 Å². The molecule has 0 fully saturated rings. The SMILES string of the molecule is C[C@H](NC(=O)OC(C)(C)C)c1nc2c(C(F)F)cc(F)cc2c(=O)n1-c1ccn[nH]1. The summed E-state index contributed by atoms with van der Waals surface area (Å²) in [6.45, 7) is 6.54. The molecule has 0 aliphatic rings. The monoisotopic (exact) mass is 423 g/mol. The smallest absolute Gasteiger partial charge is 0.408 e. The summed E-state index contributed by atoms with van der Waals surface area (Å²) in [5.41, 5.74) is -2.63. The lowest BCUT2D eigenvalue weighted by Crippen LogP contribution is -2.37. The number of aromatic nitrogens is 4. The van der Waals surface area contributed by atoms with E-state index in [1.807, 2.05) is 0 Å². The van der Waals surface area contributed by atoms with Crippen LogP contribution >= 0.6 is 0 Å². The molecule has 0 bridgehead atoms. The van der Waals surface area contributed by atoms with E-state index < -0.39 is 41.1 Å². The largest absolute Gasteiger partial charge is 0.444 e. The van der Waals surface area contributed by atoms with E-state index in [1.54, 1.807) is 20.8 Å². The van der Waals surface area contributed by atoms with E-state index in [9.17, 15) is 22.8 Å². The van der Waals surface area contributed by atoms with Gasteiger partial charge in [-0.2, -0.15) is 5.10 Å². The molecule has 0 saturated heterocycles. The molecule has 1 amide bonds. The highest BCUT2D eigenvalue weighted by Gasteiger charge is 2.25. The van der Waals surface area contributed by atoms with Crippen LogP contribution in [0.5, 0.6) is 0 Å². The van der Waals surface area contributed by atoms with E-state index in [2.05, 4.69) is 20.5 Å². The third-order valence-electron chi connectivity index (χ3n) is 4.08. The second kappa shape index (κ2) is 7.81. The minimum atomic E-state index is -3.06. The third kappa shape index (κ3) is 4.29.